The fourth-order valence-corrected chi connectivity index (χ4v) is 4.89. The van der Waals surface area contributed by atoms with Gasteiger partial charge >= 0.3 is 5.97 Å². The number of unbranched alkanes of at least 4 members (excludes halogenated alkanes) is 1. The Balaban J connectivity index is 1.34. The first-order valence-electron chi connectivity index (χ1n) is 13.6. The van der Waals surface area contributed by atoms with E-state index in [2.05, 4.69) is 37.4 Å². The van der Waals surface area contributed by atoms with Gasteiger partial charge in [0.05, 0.1) is 0 Å². The van der Waals surface area contributed by atoms with Gasteiger partial charge in [-0.05, 0) is 39.5 Å². The van der Waals surface area contributed by atoms with Crippen LogP contribution in [0, 0.1) is 10.1 Å². The van der Waals surface area contributed by atoms with E-state index in [-0.39, 0.29) is 24.1 Å². The number of rotatable bonds is 13. The van der Waals surface area contributed by atoms with Gasteiger partial charge in [-0.25, -0.2) is 9.78 Å². The molecule has 2 heterocycles. The molecule has 1 N–H and O–H groups in total. The van der Waals surface area contributed by atoms with Crippen LogP contribution in [0.1, 0.15) is 52.8 Å². The first kappa shape index (κ1) is 29.4. The van der Waals surface area contributed by atoms with Crippen molar-refractivity contribution in [3.05, 3.63) is 116 Å². The highest BCUT2D eigenvalue weighted by Gasteiger charge is 2.24. The smallest absolute Gasteiger partial charge is 0.358 e. The van der Waals surface area contributed by atoms with Crippen LogP contribution >= 0.6 is 11.6 Å². The molecular weight excluding hydrogens is 574 g/mol. The highest BCUT2D eigenvalue weighted by atomic mass is 35.5. The van der Waals surface area contributed by atoms with Crippen LogP contribution in [0.4, 0.5) is 0 Å². The second-order valence-electron chi connectivity index (χ2n) is 9.72. The molecule has 0 spiro atoms. The number of hydrogen-bond acceptors (Lipinski definition) is 9. The highest BCUT2D eigenvalue weighted by Crippen LogP contribution is 2.30. The van der Waals surface area contributed by atoms with Crippen molar-refractivity contribution >= 4 is 17.6 Å². The molecule has 0 saturated carbocycles. The molecule has 12 nitrogen and oxygen atoms in total. The van der Waals surface area contributed by atoms with Crippen molar-refractivity contribution in [2.45, 2.75) is 45.9 Å². The molecule has 0 amide bonds. The molecule has 0 aliphatic rings. The molecule has 0 atom stereocenters. The normalized spacial score (nSPS) is 10.9. The summed E-state index contributed by atoms with van der Waals surface area (Å²) < 4.78 is 7.43. The fourth-order valence-electron chi connectivity index (χ4n) is 4.61. The number of nitrogens with zero attached hydrogens (tertiary/aromatic N) is 6. The van der Waals surface area contributed by atoms with Crippen LogP contribution in [0.2, 0.25) is 5.15 Å². The van der Waals surface area contributed by atoms with E-state index in [0.717, 1.165) is 35.1 Å². The lowest BCUT2D eigenvalue weighted by Crippen LogP contribution is -2.15. The van der Waals surface area contributed by atoms with Crippen molar-refractivity contribution in [2.75, 3.05) is 0 Å². The van der Waals surface area contributed by atoms with Crippen LogP contribution in [-0.2, 0) is 35.8 Å². The number of H-pyrrole nitrogens is 1. The van der Waals surface area contributed by atoms with Gasteiger partial charge in [-0.1, -0.05) is 97.7 Å². The summed E-state index contributed by atoms with van der Waals surface area (Å²) in [6.07, 6.45) is 2.51. The van der Waals surface area contributed by atoms with Crippen LogP contribution in [0.3, 0.4) is 0 Å². The average Bonchev–Trinajstić information content (AvgIpc) is 3.67. The van der Waals surface area contributed by atoms with E-state index >= 15 is 0 Å². The molecule has 0 saturated heterocycles. The van der Waals surface area contributed by atoms with Crippen molar-refractivity contribution in [3.8, 4) is 22.5 Å². The minimum absolute atomic E-state index is 0.00447. The molecule has 13 heteroatoms. The molecule has 3 aromatic carbocycles. The van der Waals surface area contributed by atoms with E-state index in [4.69, 9.17) is 16.3 Å². The largest absolute Gasteiger partial charge is 0.456 e. The van der Waals surface area contributed by atoms with Crippen LogP contribution in [0.5, 0.6) is 0 Å². The zero-order chi connectivity index (χ0) is 30.2. The van der Waals surface area contributed by atoms with E-state index in [1.54, 1.807) is 24.3 Å². The third kappa shape index (κ3) is 7.22. The van der Waals surface area contributed by atoms with Crippen molar-refractivity contribution in [1.29, 1.82) is 0 Å². The predicted molar refractivity (Wildman–Crippen MR) is 157 cm³/mol. The fraction of sp³-hybridized carbons (Fsp3) is 0.233. The van der Waals surface area contributed by atoms with Gasteiger partial charge in [0.2, 0.25) is 5.82 Å². The van der Waals surface area contributed by atoms with Gasteiger partial charge in [-0.2, -0.15) is 5.21 Å². The molecule has 2 aromatic heterocycles. The van der Waals surface area contributed by atoms with Gasteiger partial charge in [0.15, 0.2) is 10.8 Å². The second kappa shape index (κ2) is 13.7. The first-order chi connectivity index (χ1) is 20.9. The van der Waals surface area contributed by atoms with Crippen molar-refractivity contribution < 1.29 is 19.5 Å². The summed E-state index contributed by atoms with van der Waals surface area (Å²) in [5.41, 5.74) is 5.28. The SMILES string of the molecule is CCCCc1nc(Cl)c(C(=O)OCc2ccc(CO[N+](=O)[O-])cc2)n1Cc1ccc(-c2ccccc2-c2nn[nH]n2)cc1. The van der Waals surface area contributed by atoms with Gasteiger partial charge in [0.25, 0.3) is 5.09 Å². The summed E-state index contributed by atoms with van der Waals surface area (Å²) in [5, 5.41) is 24.1. The van der Waals surface area contributed by atoms with E-state index in [0.29, 0.717) is 35.7 Å². The number of benzene rings is 3. The number of halogens is 1. The quantitative estimate of drug-likeness (QED) is 0.0996. The number of aryl methyl sites for hydroxylation is 1. The molecule has 220 valence electrons. The van der Waals surface area contributed by atoms with Crippen molar-refractivity contribution in [1.82, 2.24) is 30.2 Å². The second-order valence-corrected chi connectivity index (χ2v) is 10.1. The lowest BCUT2D eigenvalue weighted by atomic mass is 9.98. The standard InChI is InChI=1S/C30H28ClN7O5/c1-2-3-8-26-32-28(31)27(30(39)42-18-21-9-11-22(12-10-21)19-43-38(40)41)37(26)17-20-13-15-23(16-14-20)24-6-4-5-7-25(24)29-33-35-36-34-29/h4-7,9-16H,2-3,8,17-19H2,1H3,(H,33,34,35,36). The number of hydrogen-bond donors (Lipinski definition) is 1. The van der Waals surface area contributed by atoms with Gasteiger partial charge in [-0.3, -0.25) is 0 Å². The van der Waals surface area contributed by atoms with Crippen LogP contribution in [-0.4, -0.2) is 41.2 Å². The minimum Gasteiger partial charge on any atom is -0.456 e. The van der Waals surface area contributed by atoms with Crippen LogP contribution in [0.25, 0.3) is 22.5 Å². The zero-order valence-corrected chi connectivity index (χ0v) is 24.0. The molecule has 0 aliphatic heterocycles. The molecule has 0 unspecified atom stereocenters. The van der Waals surface area contributed by atoms with Gasteiger partial charge in [-0.15, -0.1) is 20.3 Å². The molecule has 0 fully saturated rings. The van der Waals surface area contributed by atoms with Gasteiger partial charge in [0, 0.05) is 18.5 Å². The van der Waals surface area contributed by atoms with Gasteiger partial charge < -0.3 is 14.1 Å². The molecule has 0 bridgehead atoms. The molecule has 0 aliphatic carbocycles. The summed E-state index contributed by atoms with van der Waals surface area (Å²) in [6, 6.07) is 22.6. The average molecular weight is 602 g/mol. The lowest BCUT2D eigenvalue weighted by molar-refractivity contribution is -0.763. The van der Waals surface area contributed by atoms with Gasteiger partial charge in [0.1, 0.15) is 19.0 Å². The van der Waals surface area contributed by atoms with E-state index in [1.807, 2.05) is 53.1 Å². The van der Waals surface area contributed by atoms with E-state index < -0.39 is 11.1 Å². The number of carbonyl (C=O) groups is 1. The third-order valence-corrected chi connectivity index (χ3v) is 7.06. The topological polar surface area (TPSA) is 151 Å². The Kier molecular flexibility index (Phi) is 9.37. The molecular formula is C30H28ClN7O5. The van der Waals surface area contributed by atoms with Crippen molar-refractivity contribution in [3.63, 3.8) is 0 Å². The first-order valence-corrected chi connectivity index (χ1v) is 14.0. The van der Waals surface area contributed by atoms with E-state index in [9.17, 15) is 14.9 Å². The summed E-state index contributed by atoms with van der Waals surface area (Å²) in [6.45, 7) is 2.30. The number of aromatic amines is 1. The zero-order valence-electron chi connectivity index (χ0n) is 23.3. The Morgan fingerprint density at radius 1 is 0.977 bits per heavy atom. The summed E-state index contributed by atoms with van der Waals surface area (Å²) in [4.78, 5) is 32.6. The molecule has 43 heavy (non-hydrogen) atoms. The molecule has 0 radical (unpaired) electrons. The Hall–Kier alpha value is -5.10. The number of aromatic nitrogens is 6. The monoisotopic (exact) mass is 601 g/mol. The van der Waals surface area contributed by atoms with E-state index in [1.165, 1.54) is 0 Å². The Morgan fingerprint density at radius 3 is 2.30 bits per heavy atom. The minimum atomic E-state index is -0.844. The molecule has 5 aromatic rings. The highest BCUT2D eigenvalue weighted by molar-refractivity contribution is 6.32. The number of esters is 1. The third-order valence-electron chi connectivity index (χ3n) is 6.80. The Labute approximate surface area is 251 Å². The number of carbonyl (C=O) groups excluding carboxylic acids is 1. The maximum absolute atomic E-state index is 13.3. The maximum atomic E-state index is 13.3. The molecule has 5 rings (SSSR count). The number of ether oxygens (including phenoxy) is 1. The van der Waals surface area contributed by atoms with Crippen LogP contribution in [0.15, 0.2) is 72.8 Å². The summed E-state index contributed by atoms with van der Waals surface area (Å²) in [5.74, 6) is 0.628. The summed E-state index contributed by atoms with van der Waals surface area (Å²) in [7, 11) is 0. The summed E-state index contributed by atoms with van der Waals surface area (Å²) >= 11 is 6.50. The Bertz CT molecular complexity index is 1690. The number of tetrazole rings is 1. The Morgan fingerprint density at radius 2 is 1.65 bits per heavy atom. The lowest BCUT2D eigenvalue weighted by Gasteiger charge is -2.13. The number of imidazole rings is 1. The maximum Gasteiger partial charge on any atom is 0.358 e. The van der Waals surface area contributed by atoms with Crippen LogP contribution < -0.4 is 0 Å². The van der Waals surface area contributed by atoms with Crippen molar-refractivity contribution in [2.24, 2.45) is 0 Å². The number of nitrogens with one attached hydrogen (secondary N) is 1. The predicted octanol–water partition coefficient (Wildman–Crippen LogP) is 5.84.